The van der Waals surface area contributed by atoms with Gasteiger partial charge in [0.05, 0.1) is 0 Å². The van der Waals surface area contributed by atoms with Gasteiger partial charge in [-0.3, -0.25) is 0 Å². The van der Waals surface area contributed by atoms with Gasteiger partial charge in [-0.2, -0.15) is 0 Å². The van der Waals surface area contributed by atoms with Gasteiger partial charge in [-0.1, -0.05) is 62.6 Å². The maximum absolute atomic E-state index is 13.3. The van der Waals surface area contributed by atoms with Crippen molar-refractivity contribution in [3.8, 4) is 11.5 Å². The van der Waals surface area contributed by atoms with Crippen molar-refractivity contribution in [2.75, 3.05) is 6.54 Å². The van der Waals surface area contributed by atoms with Crippen LogP contribution < -0.4 is 14.1 Å². The van der Waals surface area contributed by atoms with Crippen LogP contribution in [-0.2, 0) is 4.57 Å². The Morgan fingerprint density at radius 1 is 0.840 bits per heavy atom. The van der Waals surface area contributed by atoms with E-state index in [1.807, 2.05) is 62.4 Å². The largest absolute Gasteiger partial charge is 0.512 e. The van der Waals surface area contributed by atoms with Crippen LogP contribution in [0.5, 0.6) is 11.5 Å². The van der Waals surface area contributed by atoms with E-state index in [4.69, 9.17) is 9.05 Å². The molecule has 0 radical (unpaired) electrons. The van der Waals surface area contributed by atoms with Gasteiger partial charge < -0.3 is 9.05 Å². The maximum Gasteiger partial charge on any atom is 0.512 e. The molecule has 0 aromatic heterocycles. The quantitative estimate of drug-likeness (QED) is 0.414. The first-order valence-corrected chi connectivity index (χ1v) is 10.4. The second kappa shape index (κ2) is 9.65. The molecule has 0 saturated carbocycles. The van der Waals surface area contributed by atoms with E-state index in [9.17, 15) is 4.57 Å². The fourth-order valence-electron chi connectivity index (χ4n) is 2.43. The molecule has 0 aliphatic carbocycles. The summed E-state index contributed by atoms with van der Waals surface area (Å²) < 4.78 is 25.0. The minimum Gasteiger partial charge on any atom is -0.404 e. The Morgan fingerprint density at radius 3 is 1.84 bits per heavy atom. The predicted molar refractivity (Wildman–Crippen MR) is 103 cm³/mol. The molecule has 0 bridgehead atoms. The smallest absolute Gasteiger partial charge is 0.404 e. The molecule has 1 N–H and O–H groups in total. The van der Waals surface area contributed by atoms with Crippen LogP contribution in [0, 0.1) is 13.8 Å². The normalized spacial score (nSPS) is 11.3. The molecule has 0 fully saturated rings. The molecular formula is C20H28NO3P. The first-order valence-electron chi connectivity index (χ1n) is 8.89. The maximum atomic E-state index is 13.3. The number of benzene rings is 2. The highest BCUT2D eigenvalue weighted by atomic mass is 31.2. The number of hydrogen-bond acceptors (Lipinski definition) is 3. The van der Waals surface area contributed by atoms with Crippen molar-refractivity contribution in [2.45, 2.75) is 46.5 Å². The predicted octanol–water partition coefficient (Wildman–Crippen LogP) is 6.04. The summed E-state index contributed by atoms with van der Waals surface area (Å²) in [4.78, 5) is 0. The lowest BCUT2D eigenvalue weighted by atomic mass is 10.2. The molecule has 0 spiro atoms. The zero-order valence-electron chi connectivity index (χ0n) is 15.3. The number of nitrogens with one attached hydrogen (secondary N) is 1. The molecule has 2 aromatic carbocycles. The van der Waals surface area contributed by atoms with E-state index in [0.29, 0.717) is 18.0 Å². The molecule has 25 heavy (non-hydrogen) atoms. The SMILES string of the molecule is CCCCCCNP(=O)(Oc1ccccc1C)Oc1ccccc1C. The lowest BCUT2D eigenvalue weighted by molar-refractivity contribution is 0.368. The molecule has 2 rings (SSSR count). The average Bonchev–Trinajstić information content (AvgIpc) is 2.59. The van der Waals surface area contributed by atoms with E-state index in [1.165, 1.54) is 6.42 Å². The van der Waals surface area contributed by atoms with Crippen LogP contribution >= 0.6 is 7.75 Å². The van der Waals surface area contributed by atoms with Crippen LogP contribution in [0.4, 0.5) is 0 Å². The number of para-hydroxylation sites is 2. The van der Waals surface area contributed by atoms with Gasteiger partial charge in [0.15, 0.2) is 0 Å². The molecule has 0 aliphatic rings. The molecule has 0 atom stereocenters. The summed E-state index contributed by atoms with van der Waals surface area (Å²) in [5, 5.41) is 3.02. The molecule has 5 heteroatoms. The lowest BCUT2D eigenvalue weighted by Crippen LogP contribution is -2.20. The highest BCUT2D eigenvalue weighted by molar-refractivity contribution is 7.52. The standard InChI is InChI=1S/C20H28NO3P/c1-4-5-6-11-16-21-25(22,23-19-14-9-7-12-17(19)2)24-20-15-10-8-13-18(20)3/h7-10,12-15H,4-6,11,16H2,1-3H3,(H,21,22). The fraction of sp³-hybridized carbons (Fsp3) is 0.400. The van der Waals surface area contributed by atoms with Crippen molar-refractivity contribution < 1.29 is 13.6 Å². The van der Waals surface area contributed by atoms with Crippen LogP contribution in [0.15, 0.2) is 48.5 Å². The van der Waals surface area contributed by atoms with Gasteiger partial charge in [0.25, 0.3) is 0 Å². The number of unbranched alkanes of at least 4 members (excludes halogenated alkanes) is 3. The summed E-state index contributed by atoms with van der Waals surface area (Å²) in [6.07, 6.45) is 4.37. The summed E-state index contributed by atoms with van der Waals surface area (Å²) in [7, 11) is -3.52. The Hall–Kier alpha value is -1.77. The molecular weight excluding hydrogens is 333 g/mol. The van der Waals surface area contributed by atoms with Gasteiger partial charge in [-0.15, -0.1) is 0 Å². The van der Waals surface area contributed by atoms with Crippen LogP contribution in [0.25, 0.3) is 0 Å². The van der Waals surface area contributed by atoms with Crippen LogP contribution in [-0.4, -0.2) is 6.54 Å². The van der Waals surface area contributed by atoms with Gasteiger partial charge in [0.1, 0.15) is 11.5 Å². The Kier molecular flexibility index (Phi) is 7.54. The van der Waals surface area contributed by atoms with E-state index in [-0.39, 0.29) is 0 Å². The molecule has 0 amide bonds. The van der Waals surface area contributed by atoms with Crippen LogP contribution in [0.3, 0.4) is 0 Å². The lowest BCUT2D eigenvalue weighted by Gasteiger charge is -2.22. The zero-order valence-corrected chi connectivity index (χ0v) is 16.2. The zero-order chi connectivity index (χ0) is 18.1. The minimum atomic E-state index is -3.52. The van der Waals surface area contributed by atoms with Crippen molar-refractivity contribution in [1.82, 2.24) is 5.09 Å². The Balaban J connectivity index is 2.14. The minimum absolute atomic E-state index is 0.570. The van der Waals surface area contributed by atoms with E-state index in [2.05, 4.69) is 12.0 Å². The molecule has 0 heterocycles. The third-order valence-electron chi connectivity index (χ3n) is 3.96. The van der Waals surface area contributed by atoms with E-state index in [0.717, 1.165) is 30.4 Å². The van der Waals surface area contributed by atoms with Crippen molar-refractivity contribution in [3.63, 3.8) is 0 Å². The topological polar surface area (TPSA) is 47.6 Å². The van der Waals surface area contributed by atoms with E-state index >= 15 is 0 Å². The summed E-state index contributed by atoms with van der Waals surface area (Å²) in [6, 6.07) is 15.0. The van der Waals surface area contributed by atoms with E-state index in [1.54, 1.807) is 0 Å². The molecule has 0 aliphatic heterocycles. The Bertz CT molecular complexity index is 666. The van der Waals surface area contributed by atoms with Gasteiger partial charge in [-0.05, 0) is 43.5 Å². The van der Waals surface area contributed by atoms with Crippen molar-refractivity contribution in [1.29, 1.82) is 0 Å². The summed E-state index contributed by atoms with van der Waals surface area (Å²) >= 11 is 0. The first-order chi connectivity index (χ1) is 12.0. The highest BCUT2D eigenvalue weighted by Gasteiger charge is 2.29. The molecule has 0 saturated heterocycles. The third-order valence-corrected chi connectivity index (χ3v) is 5.45. The highest BCUT2D eigenvalue weighted by Crippen LogP contribution is 2.46. The van der Waals surface area contributed by atoms with Crippen LogP contribution in [0.2, 0.25) is 0 Å². The molecule has 4 nitrogen and oxygen atoms in total. The summed E-state index contributed by atoms with van der Waals surface area (Å²) in [5.41, 5.74) is 1.84. The fourth-order valence-corrected chi connectivity index (χ4v) is 3.95. The third kappa shape index (κ3) is 6.22. The second-order valence-corrected chi connectivity index (χ2v) is 7.86. The van der Waals surface area contributed by atoms with Gasteiger partial charge in [0, 0.05) is 6.54 Å². The van der Waals surface area contributed by atoms with Crippen molar-refractivity contribution in [3.05, 3.63) is 59.7 Å². The Morgan fingerprint density at radius 2 is 1.36 bits per heavy atom. The van der Waals surface area contributed by atoms with Crippen molar-refractivity contribution in [2.24, 2.45) is 0 Å². The average molecular weight is 361 g/mol. The second-order valence-electron chi connectivity index (χ2n) is 6.18. The summed E-state index contributed by atoms with van der Waals surface area (Å²) in [6.45, 7) is 6.61. The number of aryl methyl sites for hydroxylation is 2. The monoisotopic (exact) mass is 361 g/mol. The van der Waals surface area contributed by atoms with Gasteiger partial charge in [0.2, 0.25) is 0 Å². The van der Waals surface area contributed by atoms with E-state index < -0.39 is 7.75 Å². The number of hydrogen-bond donors (Lipinski definition) is 1. The molecule has 2 aromatic rings. The first kappa shape index (κ1) is 19.6. The molecule has 136 valence electrons. The van der Waals surface area contributed by atoms with Gasteiger partial charge in [-0.25, -0.2) is 9.65 Å². The summed E-state index contributed by atoms with van der Waals surface area (Å²) in [5.74, 6) is 1.14. The number of rotatable bonds is 10. The van der Waals surface area contributed by atoms with Crippen molar-refractivity contribution >= 4 is 7.75 Å². The van der Waals surface area contributed by atoms with Crippen LogP contribution in [0.1, 0.15) is 43.7 Å². The Labute approximate surface area is 151 Å². The van der Waals surface area contributed by atoms with Gasteiger partial charge >= 0.3 is 7.75 Å². The molecule has 0 unspecified atom stereocenters.